The molecule has 11 heteroatoms. The van der Waals surface area contributed by atoms with E-state index in [9.17, 15) is 19.2 Å². The Balaban J connectivity index is 2.33. The van der Waals surface area contributed by atoms with Crippen molar-refractivity contribution in [3.8, 4) is 0 Å². The number of rotatable bonds is 10. The van der Waals surface area contributed by atoms with Crippen LogP contribution in [0.3, 0.4) is 0 Å². The van der Waals surface area contributed by atoms with Crippen LogP contribution in [-0.2, 0) is 27.2 Å². The van der Waals surface area contributed by atoms with Crippen molar-refractivity contribution >= 4 is 40.3 Å². The summed E-state index contributed by atoms with van der Waals surface area (Å²) in [5.74, 6) is -1.02. The zero-order valence-electron chi connectivity index (χ0n) is 24.6. The molecular formula is C29H42N4O6S. The average molecular weight is 575 g/mol. The van der Waals surface area contributed by atoms with Gasteiger partial charge >= 0.3 is 18.1 Å². The van der Waals surface area contributed by atoms with Crippen molar-refractivity contribution in [3.63, 3.8) is 0 Å². The van der Waals surface area contributed by atoms with Gasteiger partial charge in [0.2, 0.25) is 0 Å². The van der Waals surface area contributed by atoms with Gasteiger partial charge in [-0.15, -0.1) is 11.3 Å². The fourth-order valence-electron chi connectivity index (χ4n) is 3.87. The maximum Gasteiger partial charge on any atom is 0.411 e. The van der Waals surface area contributed by atoms with Crippen LogP contribution in [0.2, 0.25) is 0 Å². The second kappa shape index (κ2) is 13.2. The zero-order chi connectivity index (χ0) is 30.4. The van der Waals surface area contributed by atoms with E-state index in [-0.39, 0.29) is 18.0 Å². The molecule has 10 nitrogen and oxygen atoms in total. The van der Waals surface area contributed by atoms with Gasteiger partial charge in [-0.25, -0.2) is 14.4 Å². The first kappa shape index (κ1) is 32.6. The van der Waals surface area contributed by atoms with Crippen LogP contribution >= 0.6 is 11.3 Å². The summed E-state index contributed by atoms with van der Waals surface area (Å²) in [6, 6.07) is 7.57. The molecule has 1 atom stereocenters. The average Bonchev–Trinajstić information content (AvgIpc) is 3.16. The molecule has 0 saturated heterocycles. The van der Waals surface area contributed by atoms with Gasteiger partial charge < -0.3 is 20.9 Å². The molecule has 2 rings (SSSR count). The van der Waals surface area contributed by atoms with Crippen molar-refractivity contribution in [3.05, 3.63) is 51.9 Å². The van der Waals surface area contributed by atoms with Crippen LogP contribution in [0.15, 0.2) is 30.3 Å². The standard InChI is InChI=1S/C29H42N4O6S/c1-17(2)13-22(25(35)38-28(3,4)5)33(27(37)39-29(6,7)8)16-19-11-9-18(10-12-19)14-20-15-21(23(30)34)24(40-20)32-26(31)36/h9-12,15,17,22H,13-14,16H2,1-8H3,(H2,30,34)(H3,31,32,36)/t22-/m0/s1. The van der Waals surface area contributed by atoms with Crippen molar-refractivity contribution in [2.75, 3.05) is 5.32 Å². The molecule has 0 radical (unpaired) electrons. The Bertz CT molecular complexity index is 1210. The second-order valence-corrected chi connectivity index (χ2v) is 13.2. The lowest BCUT2D eigenvalue weighted by molar-refractivity contribution is -0.162. The van der Waals surface area contributed by atoms with Gasteiger partial charge in [-0.1, -0.05) is 38.1 Å². The van der Waals surface area contributed by atoms with Crippen LogP contribution in [0.4, 0.5) is 14.6 Å². The monoisotopic (exact) mass is 574 g/mol. The number of primary amides is 2. The quantitative estimate of drug-likeness (QED) is 0.322. The smallest absolute Gasteiger partial charge is 0.411 e. The number of anilines is 1. The summed E-state index contributed by atoms with van der Waals surface area (Å²) in [6.45, 7) is 14.8. The van der Waals surface area contributed by atoms with Gasteiger partial charge in [0.15, 0.2) is 0 Å². The van der Waals surface area contributed by atoms with Crippen LogP contribution in [0.25, 0.3) is 0 Å². The highest BCUT2D eigenvalue weighted by Gasteiger charge is 2.36. The highest BCUT2D eigenvalue weighted by molar-refractivity contribution is 7.16. The van der Waals surface area contributed by atoms with E-state index in [1.165, 1.54) is 16.2 Å². The number of nitrogens with zero attached hydrogens (tertiary/aromatic N) is 1. The third kappa shape index (κ3) is 10.5. The summed E-state index contributed by atoms with van der Waals surface area (Å²) in [5.41, 5.74) is 11.1. The minimum atomic E-state index is -0.830. The molecule has 220 valence electrons. The Morgan fingerprint density at radius 2 is 1.48 bits per heavy atom. The van der Waals surface area contributed by atoms with Gasteiger partial charge in [-0.2, -0.15) is 0 Å². The number of benzene rings is 1. The summed E-state index contributed by atoms with van der Waals surface area (Å²) in [7, 11) is 0. The van der Waals surface area contributed by atoms with Gasteiger partial charge in [0.1, 0.15) is 22.2 Å². The largest absolute Gasteiger partial charge is 0.458 e. The second-order valence-electron chi connectivity index (χ2n) is 12.1. The highest BCUT2D eigenvalue weighted by atomic mass is 32.1. The molecule has 0 saturated carbocycles. The number of carbonyl (C=O) groups is 4. The van der Waals surface area contributed by atoms with E-state index in [1.807, 2.05) is 38.1 Å². The first-order chi connectivity index (χ1) is 18.3. The van der Waals surface area contributed by atoms with Crippen LogP contribution in [0, 0.1) is 5.92 Å². The molecule has 40 heavy (non-hydrogen) atoms. The minimum Gasteiger partial charge on any atom is -0.458 e. The van der Waals surface area contributed by atoms with E-state index in [2.05, 4.69) is 5.32 Å². The van der Waals surface area contributed by atoms with Crippen LogP contribution < -0.4 is 16.8 Å². The Morgan fingerprint density at radius 3 is 1.95 bits per heavy atom. The molecule has 4 amide bonds. The van der Waals surface area contributed by atoms with Gasteiger partial charge in [-0.3, -0.25) is 15.0 Å². The van der Waals surface area contributed by atoms with Crippen LogP contribution in [0.1, 0.15) is 88.2 Å². The van der Waals surface area contributed by atoms with Gasteiger partial charge in [0.05, 0.1) is 5.56 Å². The third-order valence-electron chi connectivity index (χ3n) is 5.42. The number of nitrogens with two attached hydrogens (primary N) is 2. The van der Waals surface area contributed by atoms with Gasteiger partial charge in [0.25, 0.3) is 5.91 Å². The number of thiophene rings is 1. The topological polar surface area (TPSA) is 154 Å². The van der Waals surface area contributed by atoms with E-state index in [4.69, 9.17) is 20.9 Å². The summed E-state index contributed by atoms with van der Waals surface area (Å²) < 4.78 is 11.4. The number of ether oxygens (including phenoxy) is 2. The van der Waals surface area contributed by atoms with Crippen molar-refractivity contribution < 1.29 is 28.7 Å². The normalized spacial score (nSPS) is 12.5. The molecule has 1 aromatic carbocycles. The lowest BCUT2D eigenvalue weighted by atomic mass is 10.0. The van der Waals surface area contributed by atoms with Crippen molar-refractivity contribution in [1.29, 1.82) is 0 Å². The first-order valence-electron chi connectivity index (χ1n) is 13.1. The maximum absolute atomic E-state index is 13.4. The number of urea groups is 1. The first-order valence-corrected chi connectivity index (χ1v) is 14.0. The number of carbonyl (C=O) groups excluding carboxylic acids is 4. The zero-order valence-corrected chi connectivity index (χ0v) is 25.4. The summed E-state index contributed by atoms with van der Waals surface area (Å²) in [5, 5.41) is 2.74. The van der Waals surface area contributed by atoms with Crippen LogP contribution in [-0.4, -0.2) is 46.1 Å². The fraction of sp³-hybridized carbons (Fsp3) is 0.517. The van der Waals surface area contributed by atoms with Crippen molar-refractivity contribution in [2.24, 2.45) is 17.4 Å². The fourth-order valence-corrected chi connectivity index (χ4v) is 4.97. The molecule has 0 fully saturated rings. The molecule has 0 aliphatic heterocycles. The van der Waals surface area contributed by atoms with Gasteiger partial charge in [-0.05, 0) is 71.1 Å². The molecule has 0 spiro atoms. The SMILES string of the molecule is CC(C)C[C@@H](C(=O)OC(C)(C)C)N(Cc1ccc(Cc2cc(C(N)=O)c(NC(N)=O)s2)cc1)C(=O)OC(C)(C)C. The molecular weight excluding hydrogens is 532 g/mol. The predicted molar refractivity (Wildman–Crippen MR) is 156 cm³/mol. The maximum atomic E-state index is 13.4. The van der Waals surface area contributed by atoms with E-state index >= 15 is 0 Å². The van der Waals surface area contributed by atoms with E-state index in [0.717, 1.165) is 16.0 Å². The molecule has 1 aromatic heterocycles. The number of nitrogens with one attached hydrogen (secondary N) is 1. The Labute approximate surface area is 240 Å². The number of amides is 4. The molecule has 2 aromatic rings. The third-order valence-corrected chi connectivity index (χ3v) is 6.47. The lowest BCUT2D eigenvalue weighted by Gasteiger charge is -2.34. The predicted octanol–water partition coefficient (Wildman–Crippen LogP) is 5.42. The Morgan fingerprint density at radius 1 is 0.925 bits per heavy atom. The number of hydrogen-bond donors (Lipinski definition) is 3. The molecule has 1 heterocycles. The molecule has 0 aliphatic rings. The van der Waals surface area contributed by atoms with Crippen molar-refractivity contribution in [1.82, 2.24) is 4.90 Å². The van der Waals surface area contributed by atoms with E-state index in [1.54, 1.807) is 47.6 Å². The summed E-state index contributed by atoms with van der Waals surface area (Å²) in [4.78, 5) is 51.9. The molecule has 5 N–H and O–H groups in total. The number of hydrogen-bond acceptors (Lipinski definition) is 7. The lowest BCUT2D eigenvalue weighted by Crippen LogP contribution is -2.49. The summed E-state index contributed by atoms with van der Waals surface area (Å²) in [6.07, 6.45) is 0.296. The molecule has 0 aliphatic carbocycles. The Hall–Kier alpha value is -3.60. The minimum absolute atomic E-state index is 0.120. The number of esters is 1. The van der Waals surface area contributed by atoms with E-state index < -0.39 is 41.2 Å². The van der Waals surface area contributed by atoms with Gasteiger partial charge in [0, 0.05) is 17.8 Å². The van der Waals surface area contributed by atoms with E-state index in [0.29, 0.717) is 17.8 Å². The molecule has 0 unspecified atom stereocenters. The van der Waals surface area contributed by atoms with Crippen LogP contribution in [0.5, 0.6) is 0 Å². The Kier molecular flexibility index (Phi) is 10.7. The van der Waals surface area contributed by atoms with Crippen molar-refractivity contribution in [2.45, 2.75) is 92.0 Å². The molecule has 0 bridgehead atoms. The summed E-state index contributed by atoms with van der Waals surface area (Å²) >= 11 is 1.22. The highest BCUT2D eigenvalue weighted by Crippen LogP contribution is 2.30.